The zero-order chi connectivity index (χ0) is 23.5. The van der Waals surface area contributed by atoms with Crippen LogP contribution in [0.5, 0.6) is 0 Å². The molecule has 2 aromatic carbocycles. The van der Waals surface area contributed by atoms with Crippen LogP contribution in [-0.2, 0) is 13.1 Å². The van der Waals surface area contributed by atoms with Gasteiger partial charge in [0, 0.05) is 37.9 Å². The van der Waals surface area contributed by atoms with Crippen molar-refractivity contribution in [2.75, 3.05) is 4.90 Å². The Kier molecular flexibility index (Phi) is 5.53. The predicted octanol–water partition coefficient (Wildman–Crippen LogP) is 5.69. The summed E-state index contributed by atoms with van der Waals surface area (Å²) in [6.07, 6.45) is 11.0. The van der Waals surface area contributed by atoms with Crippen LogP contribution in [0.2, 0.25) is 0 Å². The van der Waals surface area contributed by atoms with E-state index in [1.54, 1.807) is 24.8 Å². The Morgan fingerprint density at radius 2 is 1.49 bits per heavy atom. The van der Waals surface area contributed by atoms with Crippen molar-refractivity contribution in [1.29, 1.82) is 0 Å². The monoisotopic (exact) mass is 454 g/mol. The third-order valence-electron chi connectivity index (χ3n) is 6.02. The molecule has 1 aliphatic rings. The highest BCUT2D eigenvalue weighted by Crippen LogP contribution is 2.30. The zero-order valence-corrected chi connectivity index (χ0v) is 19.0. The van der Waals surface area contributed by atoms with Gasteiger partial charge in [0.25, 0.3) is 0 Å². The molecule has 0 saturated carbocycles. The number of pyridine rings is 1. The van der Waals surface area contributed by atoms with Crippen molar-refractivity contribution < 1.29 is 0 Å². The Balaban J connectivity index is 1.23. The highest BCUT2D eigenvalue weighted by Gasteiger charge is 2.22. The smallest absolute Gasteiger partial charge is 0.226 e. The first-order chi connectivity index (χ1) is 17.3. The van der Waals surface area contributed by atoms with Crippen molar-refractivity contribution >= 4 is 18.1 Å². The topological polar surface area (TPSA) is 67.7 Å². The van der Waals surface area contributed by atoms with Crippen LogP contribution in [-0.4, -0.2) is 24.9 Å². The van der Waals surface area contributed by atoms with E-state index in [-0.39, 0.29) is 0 Å². The standard InChI is InChI=1S/C29H22N6/c1-2-4-22(5-3-1)23-7-8-24-19-35(20-25(24)18-23)29-32-17-13-27(34-29)28-31-16-12-26(33-28)9-6-21-10-14-30-15-11-21/h1-18H,19-20H2/b9-6+. The zero-order valence-electron chi connectivity index (χ0n) is 19.0. The second kappa shape index (κ2) is 9.27. The van der Waals surface area contributed by atoms with Crippen LogP contribution < -0.4 is 4.90 Å². The maximum absolute atomic E-state index is 4.81. The minimum Gasteiger partial charge on any atom is -0.332 e. The molecule has 1 aliphatic heterocycles. The summed E-state index contributed by atoms with van der Waals surface area (Å²) < 4.78 is 0. The summed E-state index contributed by atoms with van der Waals surface area (Å²) in [5, 5.41) is 0. The van der Waals surface area contributed by atoms with Crippen molar-refractivity contribution in [3.8, 4) is 22.6 Å². The lowest BCUT2D eigenvalue weighted by molar-refractivity contribution is 0.828. The van der Waals surface area contributed by atoms with Crippen LogP contribution in [0.1, 0.15) is 22.4 Å². The van der Waals surface area contributed by atoms with Crippen LogP contribution in [0, 0.1) is 0 Å². The summed E-state index contributed by atoms with van der Waals surface area (Å²) in [4.78, 5) is 24.7. The van der Waals surface area contributed by atoms with Crippen LogP contribution in [0.3, 0.4) is 0 Å². The molecule has 0 unspecified atom stereocenters. The normalized spacial score (nSPS) is 12.7. The number of rotatable bonds is 5. The van der Waals surface area contributed by atoms with E-state index in [4.69, 9.17) is 4.98 Å². The van der Waals surface area contributed by atoms with Crippen LogP contribution in [0.25, 0.3) is 34.8 Å². The lowest BCUT2D eigenvalue weighted by Gasteiger charge is -2.15. The highest BCUT2D eigenvalue weighted by molar-refractivity contribution is 5.69. The summed E-state index contributed by atoms with van der Waals surface area (Å²) in [6, 6.07) is 24.8. The third kappa shape index (κ3) is 4.54. The van der Waals surface area contributed by atoms with E-state index in [2.05, 4.69) is 67.3 Å². The van der Waals surface area contributed by atoms with E-state index in [1.807, 2.05) is 42.5 Å². The third-order valence-corrected chi connectivity index (χ3v) is 6.02. The van der Waals surface area contributed by atoms with Crippen molar-refractivity contribution in [3.05, 3.63) is 120 Å². The van der Waals surface area contributed by atoms with E-state index < -0.39 is 0 Å². The molecule has 4 heterocycles. The number of hydrogen-bond donors (Lipinski definition) is 0. The summed E-state index contributed by atoms with van der Waals surface area (Å²) in [5.74, 6) is 1.26. The number of benzene rings is 2. The molecule has 0 amide bonds. The molecule has 0 spiro atoms. The average Bonchev–Trinajstić information content (AvgIpc) is 3.37. The van der Waals surface area contributed by atoms with E-state index in [0.717, 1.165) is 24.3 Å². The van der Waals surface area contributed by atoms with Crippen molar-refractivity contribution in [2.45, 2.75) is 13.1 Å². The van der Waals surface area contributed by atoms with Gasteiger partial charge >= 0.3 is 0 Å². The summed E-state index contributed by atoms with van der Waals surface area (Å²) >= 11 is 0. The SMILES string of the molecule is C(=C\c1ccnc(-c2ccnc(N3Cc4ccc(-c5ccccc5)cc4C3)n2)n1)/c1ccncc1. The van der Waals surface area contributed by atoms with Gasteiger partial charge in [-0.15, -0.1) is 0 Å². The van der Waals surface area contributed by atoms with Gasteiger partial charge in [-0.05, 0) is 64.2 Å². The summed E-state index contributed by atoms with van der Waals surface area (Å²) in [5.41, 5.74) is 7.64. The van der Waals surface area contributed by atoms with Crippen molar-refractivity contribution in [1.82, 2.24) is 24.9 Å². The lowest BCUT2D eigenvalue weighted by atomic mass is 10.0. The Morgan fingerprint density at radius 1 is 0.657 bits per heavy atom. The molecule has 0 bridgehead atoms. The molecule has 6 heteroatoms. The molecule has 0 radical (unpaired) electrons. The first-order valence-electron chi connectivity index (χ1n) is 11.5. The Labute approximate surface area is 203 Å². The largest absolute Gasteiger partial charge is 0.332 e. The summed E-state index contributed by atoms with van der Waals surface area (Å²) in [7, 11) is 0. The molecule has 0 atom stereocenters. The van der Waals surface area contributed by atoms with Gasteiger partial charge in [-0.25, -0.2) is 19.9 Å². The quantitative estimate of drug-likeness (QED) is 0.340. The molecule has 0 N–H and O–H groups in total. The van der Waals surface area contributed by atoms with Gasteiger partial charge in [-0.1, -0.05) is 48.5 Å². The maximum Gasteiger partial charge on any atom is 0.226 e. The predicted molar refractivity (Wildman–Crippen MR) is 138 cm³/mol. The van der Waals surface area contributed by atoms with Gasteiger partial charge < -0.3 is 4.90 Å². The first kappa shape index (κ1) is 20.9. The van der Waals surface area contributed by atoms with Gasteiger partial charge in [0.1, 0.15) is 5.69 Å². The molecule has 3 aromatic heterocycles. The minimum atomic E-state index is 0.577. The lowest BCUT2D eigenvalue weighted by Crippen LogP contribution is -2.17. The van der Waals surface area contributed by atoms with Gasteiger partial charge in [-0.2, -0.15) is 0 Å². The molecule has 168 valence electrons. The number of nitrogens with zero attached hydrogens (tertiary/aromatic N) is 6. The first-order valence-corrected chi connectivity index (χ1v) is 11.5. The number of anilines is 1. The van der Waals surface area contributed by atoms with Gasteiger partial charge in [0.2, 0.25) is 5.95 Å². The summed E-state index contributed by atoms with van der Waals surface area (Å²) in [6.45, 7) is 1.55. The molecule has 35 heavy (non-hydrogen) atoms. The van der Waals surface area contributed by atoms with Gasteiger partial charge in [0.05, 0.1) is 5.69 Å². The molecule has 0 aliphatic carbocycles. The fraction of sp³-hybridized carbons (Fsp3) is 0.0690. The minimum absolute atomic E-state index is 0.577. The Hall–Kier alpha value is -4.71. The molecule has 6 nitrogen and oxygen atoms in total. The molecule has 5 aromatic rings. The van der Waals surface area contributed by atoms with Crippen LogP contribution in [0.4, 0.5) is 5.95 Å². The highest BCUT2D eigenvalue weighted by atomic mass is 15.3. The molecular weight excluding hydrogens is 432 g/mol. The van der Waals surface area contributed by atoms with Gasteiger partial charge in [0.15, 0.2) is 5.82 Å². The van der Waals surface area contributed by atoms with E-state index in [9.17, 15) is 0 Å². The van der Waals surface area contributed by atoms with Crippen LogP contribution >= 0.6 is 0 Å². The second-order valence-corrected chi connectivity index (χ2v) is 8.37. The fourth-order valence-electron chi connectivity index (χ4n) is 4.22. The van der Waals surface area contributed by atoms with E-state index in [1.165, 1.54) is 22.3 Å². The number of aromatic nitrogens is 5. The Morgan fingerprint density at radius 3 is 2.37 bits per heavy atom. The molecular formula is C29H22N6. The number of hydrogen-bond acceptors (Lipinski definition) is 6. The molecule has 0 fully saturated rings. The Bertz CT molecular complexity index is 1500. The average molecular weight is 455 g/mol. The van der Waals surface area contributed by atoms with Crippen molar-refractivity contribution in [3.63, 3.8) is 0 Å². The maximum atomic E-state index is 4.81. The molecule has 6 rings (SSSR count). The van der Waals surface area contributed by atoms with Gasteiger partial charge in [-0.3, -0.25) is 4.98 Å². The van der Waals surface area contributed by atoms with E-state index in [0.29, 0.717) is 17.5 Å². The van der Waals surface area contributed by atoms with E-state index >= 15 is 0 Å². The number of fused-ring (bicyclic) bond motifs is 1. The van der Waals surface area contributed by atoms with Crippen molar-refractivity contribution in [2.24, 2.45) is 0 Å². The fourth-order valence-corrected chi connectivity index (χ4v) is 4.22. The molecule has 0 saturated heterocycles. The van der Waals surface area contributed by atoms with Crippen LogP contribution in [0.15, 0.2) is 97.6 Å². The second-order valence-electron chi connectivity index (χ2n) is 8.37.